The molecule has 1 aromatic heterocycles. The number of aliphatic hydroxyl groups excluding tert-OH is 1. The van der Waals surface area contributed by atoms with Gasteiger partial charge >= 0.3 is 0 Å². The van der Waals surface area contributed by atoms with Crippen LogP contribution in [0.1, 0.15) is 30.3 Å². The molecule has 21 heavy (non-hydrogen) atoms. The van der Waals surface area contributed by atoms with Crippen molar-refractivity contribution in [1.29, 1.82) is 0 Å². The summed E-state index contributed by atoms with van der Waals surface area (Å²) in [6.07, 6.45) is 0.506. The number of ether oxygens (including phenoxy) is 1. The van der Waals surface area contributed by atoms with Gasteiger partial charge in [-0.2, -0.15) is 0 Å². The van der Waals surface area contributed by atoms with Gasteiger partial charge < -0.3 is 15.2 Å². The number of aryl methyl sites for hydroxylation is 1. The van der Waals surface area contributed by atoms with Crippen LogP contribution in [0, 0.1) is 0 Å². The summed E-state index contributed by atoms with van der Waals surface area (Å²) in [6.45, 7) is 5.05. The Morgan fingerprint density at radius 3 is 2.62 bits per heavy atom. The maximum absolute atomic E-state index is 9.97. The lowest BCUT2D eigenvalue weighted by Crippen LogP contribution is -2.32. The van der Waals surface area contributed by atoms with Crippen molar-refractivity contribution in [2.24, 2.45) is 0 Å². The fraction of sp³-hybridized carbons (Fsp3) is 0.412. The van der Waals surface area contributed by atoms with Gasteiger partial charge in [-0.3, -0.25) is 0 Å². The van der Waals surface area contributed by atoms with Crippen LogP contribution < -0.4 is 10.1 Å². The maximum atomic E-state index is 9.97. The zero-order valence-corrected chi connectivity index (χ0v) is 13.4. The van der Waals surface area contributed by atoms with E-state index in [4.69, 9.17) is 4.74 Å². The van der Waals surface area contributed by atoms with E-state index >= 15 is 0 Å². The van der Waals surface area contributed by atoms with Crippen molar-refractivity contribution in [1.82, 2.24) is 5.32 Å². The van der Waals surface area contributed by atoms with Crippen molar-refractivity contribution in [3.8, 4) is 5.75 Å². The topological polar surface area (TPSA) is 41.5 Å². The Kier molecular flexibility index (Phi) is 6.23. The lowest BCUT2D eigenvalue weighted by molar-refractivity contribution is 0.104. The standard InChI is InChI=1S/C17H23NO2S/c1-3-14-6-8-16(9-7-14)20-12-15(19)11-18-13(2)17-5-4-10-21-17/h4-10,13,15,18-19H,3,11-12H2,1-2H3. The van der Waals surface area contributed by atoms with Gasteiger partial charge in [0.15, 0.2) is 0 Å². The molecule has 0 fully saturated rings. The normalized spacial score (nSPS) is 13.9. The first kappa shape index (κ1) is 16.0. The average Bonchev–Trinajstić information content (AvgIpc) is 3.05. The third-order valence-corrected chi connectivity index (χ3v) is 4.46. The van der Waals surface area contributed by atoms with Gasteiger partial charge in [0, 0.05) is 17.5 Å². The van der Waals surface area contributed by atoms with Crippen molar-refractivity contribution >= 4 is 11.3 Å². The Bertz CT molecular complexity index is 510. The SMILES string of the molecule is CCc1ccc(OCC(O)CNC(C)c2cccs2)cc1. The summed E-state index contributed by atoms with van der Waals surface area (Å²) in [7, 11) is 0. The van der Waals surface area contributed by atoms with E-state index in [0.717, 1.165) is 12.2 Å². The van der Waals surface area contributed by atoms with Crippen LogP contribution in [0.4, 0.5) is 0 Å². The van der Waals surface area contributed by atoms with Gasteiger partial charge in [0.2, 0.25) is 0 Å². The predicted molar refractivity (Wildman–Crippen MR) is 88.1 cm³/mol. The lowest BCUT2D eigenvalue weighted by atomic mass is 10.2. The van der Waals surface area contributed by atoms with Crippen molar-refractivity contribution in [3.63, 3.8) is 0 Å². The summed E-state index contributed by atoms with van der Waals surface area (Å²) >= 11 is 1.72. The van der Waals surface area contributed by atoms with Crippen LogP contribution >= 0.6 is 11.3 Å². The second-order valence-electron chi connectivity index (χ2n) is 5.11. The summed E-state index contributed by atoms with van der Waals surface area (Å²) in [4.78, 5) is 1.28. The quantitative estimate of drug-likeness (QED) is 0.785. The maximum Gasteiger partial charge on any atom is 0.119 e. The van der Waals surface area contributed by atoms with Crippen molar-refractivity contribution < 1.29 is 9.84 Å². The van der Waals surface area contributed by atoms with Crippen LogP contribution in [0.5, 0.6) is 5.75 Å². The highest BCUT2D eigenvalue weighted by atomic mass is 32.1. The molecule has 0 saturated carbocycles. The lowest BCUT2D eigenvalue weighted by Gasteiger charge is -2.17. The first-order chi connectivity index (χ1) is 10.2. The molecule has 2 unspecified atom stereocenters. The summed E-state index contributed by atoms with van der Waals surface area (Å²) in [6, 6.07) is 12.4. The molecule has 114 valence electrons. The molecule has 1 aromatic carbocycles. The number of hydrogen-bond acceptors (Lipinski definition) is 4. The van der Waals surface area contributed by atoms with Gasteiger partial charge in [0.05, 0.1) is 0 Å². The zero-order chi connectivity index (χ0) is 15.1. The smallest absolute Gasteiger partial charge is 0.119 e. The molecule has 0 saturated heterocycles. The largest absolute Gasteiger partial charge is 0.491 e. The monoisotopic (exact) mass is 305 g/mol. The minimum atomic E-state index is -0.515. The van der Waals surface area contributed by atoms with E-state index in [1.54, 1.807) is 11.3 Å². The molecule has 2 aromatic rings. The fourth-order valence-corrected chi connectivity index (χ4v) is 2.78. The molecular formula is C17H23NO2S. The predicted octanol–water partition coefficient (Wildman–Crippen LogP) is 3.40. The third kappa shape index (κ3) is 5.16. The second-order valence-corrected chi connectivity index (χ2v) is 6.09. The number of rotatable bonds is 8. The van der Waals surface area contributed by atoms with E-state index in [9.17, 15) is 5.11 Å². The number of thiophene rings is 1. The number of nitrogens with one attached hydrogen (secondary N) is 1. The summed E-state index contributed by atoms with van der Waals surface area (Å²) in [5, 5.41) is 15.4. The third-order valence-electron chi connectivity index (χ3n) is 3.40. The number of hydrogen-bond donors (Lipinski definition) is 2. The number of aliphatic hydroxyl groups is 1. The Hall–Kier alpha value is -1.36. The molecule has 2 atom stereocenters. The molecule has 0 aliphatic carbocycles. The summed E-state index contributed by atoms with van der Waals surface area (Å²) < 4.78 is 5.60. The molecule has 1 heterocycles. The van der Waals surface area contributed by atoms with Crippen LogP contribution in [-0.2, 0) is 6.42 Å². The Labute approximate surface area is 130 Å². The van der Waals surface area contributed by atoms with Gasteiger partial charge in [-0.15, -0.1) is 11.3 Å². The molecular weight excluding hydrogens is 282 g/mol. The second kappa shape index (κ2) is 8.17. The molecule has 2 rings (SSSR count). The fourth-order valence-electron chi connectivity index (χ4n) is 2.02. The number of benzene rings is 1. The van der Waals surface area contributed by atoms with E-state index in [2.05, 4.69) is 42.7 Å². The Morgan fingerprint density at radius 2 is 2.00 bits per heavy atom. The highest BCUT2D eigenvalue weighted by molar-refractivity contribution is 7.10. The minimum Gasteiger partial charge on any atom is -0.491 e. The van der Waals surface area contributed by atoms with Crippen molar-refractivity contribution in [2.45, 2.75) is 32.4 Å². The molecule has 0 radical (unpaired) electrons. The van der Waals surface area contributed by atoms with E-state index < -0.39 is 6.10 Å². The molecule has 0 aliphatic rings. The van der Waals surface area contributed by atoms with E-state index in [1.165, 1.54) is 10.4 Å². The highest BCUT2D eigenvalue weighted by Gasteiger charge is 2.10. The Morgan fingerprint density at radius 1 is 1.24 bits per heavy atom. The van der Waals surface area contributed by atoms with E-state index in [0.29, 0.717) is 13.2 Å². The van der Waals surface area contributed by atoms with Crippen molar-refractivity contribution in [2.75, 3.05) is 13.2 Å². The molecule has 0 aliphatic heterocycles. The van der Waals surface area contributed by atoms with Crippen LogP contribution in [-0.4, -0.2) is 24.4 Å². The van der Waals surface area contributed by atoms with Gasteiger partial charge in [-0.1, -0.05) is 25.1 Å². The Balaban J connectivity index is 1.70. The summed E-state index contributed by atoms with van der Waals surface area (Å²) in [5.41, 5.74) is 1.29. The van der Waals surface area contributed by atoms with Gasteiger partial charge in [-0.05, 0) is 42.5 Å². The van der Waals surface area contributed by atoms with Crippen LogP contribution in [0.25, 0.3) is 0 Å². The molecule has 0 amide bonds. The molecule has 0 bridgehead atoms. The van der Waals surface area contributed by atoms with E-state index in [-0.39, 0.29) is 6.04 Å². The summed E-state index contributed by atoms with van der Waals surface area (Å²) in [5.74, 6) is 0.803. The van der Waals surface area contributed by atoms with Crippen LogP contribution in [0.15, 0.2) is 41.8 Å². The minimum absolute atomic E-state index is 0.253. The van der Waals surface area contributed by atoms with Gasteiger partial charge in [0.1, 0.15) is 18.5 Å². The van der Waals surface area contributed by atoms with Crippen LogP contribution in [0.3, 0.4) is 0 Å². The first-order valence-corrected chi connectivity index (χ1v) is 8.23. The molecule has 2 N–H and O–H groups in total. The van der Waals surface area contributed by atoms with Gasteiger partial charge in [0.25, 0.3) is 0 Å². The zero-order valence-electron chi connectivity index (χ0n) is 12.6. The van der Waals surface area contributed by atoms with Crippen molar-refractivity contribution in [3.05, 3.63) is 52.2 Å². The molecule has 4 heteroatoms. The first-order valence-electron chi connectivity index (χ1n) is 7.35. The molecule has 3 nitrogen and oxygen atoms in total. The van der Waals surface area contributed by atoms with Gasteiger partial charge in [-0.25, -0.2) is 0 Å². The van der Waals surface area contributed by atoms with Crippen LogP contribution in [0.2, 0.25) is 0 Å². The molecule has 0 spiro atoms. The van der Waals surface area contributed by atoms with E-state index in [1.807, 2.05) is 18.2 Å². The average molecular weight is 305 g/mol. The highest BCUT2D eigenvalue weighted by Crippen LogP contribution is 2.18.